The number of aliphatic hydroxyl groups is 3. The van der Waals surface area contributed by atoms with Crippen molar-refractivity contribution in [2.45, 2.75) is 108 Å². The summed E-state index contributed by atoms with van der Waals surface area (Å²) in [5.41, 5.74) is 12.3. The molecule has 0 fully saturated rings. The van der Waals surface area contributed by atoms with E-state index < -0.39 is 115 Å². The molecule has 0 spiro atoms. The van der Waals surface area contributed by atoms with Crippen LogP contribution < -0.4 is 48.7 Å². The summed E-state index contributed by atoms with van der Waals surface area (Å²) < 4.78 is 0. The van der Waals surface area contributed by atoms with Gasteiger partial charge in [0.05, 0.1) is 31.4 Å². The molecule has 0 bridgehead atoms. The third-order valence-corrected chi connectivity index (χ3v) is 8.88. The molecule has 58 heavy (non-hydrogen) atoms. The van der Waals surface area contributed by atoms with E-state index in [1.807, 2.05) is 0 Å². The highest BCUT2D eigenvalue weighted by atomic mass is 16.4. The van der Waals surface area contributed by atoms with Gasteiger partial charge in [0, 0.05) is 23.5 Å². The van der Waals surface area contributed by atoms with E-state index in [-0.39, 0.29) is 12.8 Å². The first-order valence-electron chi connectivity index (χ1n) is 18.6. The molecule has 1 heterocycles. The van der Waals surface area contributed by atoms with E-state index in [0.717, 1.165) is 10.9 Å². The van der Waals surface area contributed by atoms with Crippen LogP contribution in [-0.4, -0.2) is 147 Å². The highest BCUT2D eigenvalue weighted by Gasteiger charge is 2.34. The Hall–Kier alpha value is -5.68. The number of benzene rings is 1. The van der Waals surface area contributed by atoms with Crippen molar-refractivity contribution >= 4 is 58.2 Å². The quantitative estimate of drug-likeness (QED) is 0.0442. The maximum Gasteiger partial charge on any atom is 0.326 e. The van der Waals surface area contributed by atoms with Crippen molar-refractivity contribution in [3.8, 4) is 0 Å². The summed E-state index contributed by atoms with van der Waals surface area (Å²) in [6, 6.07) is -1.57. The Bertz CT molecular complexity index is 1750. The zero-order valence-corrected chi connectivity index (χ0v) is 32.7. The summed E-state index contributed by atoms with van der Waals surface area (Å²) in [5.74, 6) is -7.73. The molecule has 0 radical (unpaired) electrons. The summed E-state index contributed by atoms with van der Waals surface area (Å²) >= 11 is 0. The Balaban J connectivity index is 2.12. The summed E-state index contributed by atoms with van der Waals surface area (Å²) in [7, 11) is 0. The average molecular weight is 821 g/mol. The standard InChI is InChI=1S/C36H56N10O12/c1-17(42-34(55)29(19(3)48)45-27(51)16-40-26(50)15-41-33(54)28(38)18(2)47)31(52)46-30(20(4)49)35(56)44-25(13-21-14-39-23-10-6-5-9-22(21)23)32(53)43-24(36(57)58)11-7-8-12-37/h5-6,9-10,14,17-20,24-25,28-30,39,47-49H,7-8,11-13,15-16,37-38H2,1-4H3,(H,40,50)(H,41,54)(H,42,55)(H,43,53)(H,44,56)(H,45,51)(H,46,52)(H,57,58)/t17-,18+,19+,20+,24-,25-,28-,29-,30-/m0/s1. The van der Waals surface area contributed by atoms with Gasteiger partial charge >= 0.3 is 5.97 Å². The number of hydrogen-bond acceptors (Lipinski definition) is 13. The van der Waals surface area contributed by atoms with Gasteiger partial charge < -0.3 is 74.1 Å². The number of aliphatic carboxylic acids is 1. The van der Waals surface area contributed by atoms with E-state index in [0.29, 0.717) is 24.9 Å². The monoisotopic (exact) mass is 820 g/mol. The minimum absolute atomic E-state index is 0.0706. The zero-order valence-electron chi connectivity index (χ0n) is 32.7. The highest BCUT2D eigenvalue weighted by Crippen LogP contribution is 2.19. The lowest BCUT2D eigenvalue weighted by Gasteiger charge is -2.27. The Morgan fingerprint density at radius 3 is 1.86 bits per heavy atom. The number of nitrogens with one attached hydrogen (secondary N) is 8. The normalized spacial score (nSPS) is 15.8. The lowest BCUT2D eigenvalue weighted by molar-refractivity contribution is -0.142. The van der Waals surface area contributed by atoms with Crippen molar-refractivity contribution in [1.29, 1.82) is 0 Å². The van der Waals surface area contributed by atoms with E-state index >= 15 is 0 Å². The average Bonchev–Trinajstić information content (AvgIpc) is 3.57. The van der Waals surface area contributed by atoms with Crippen molar-refractivity contribution in [3.05, 3.63) is 36.0 Å². The maximum absolute atomic E-state index is 13.6. The number of para-hydroxylation sites is 1. The predicted molar refractivity (Wildman–Crippen MR) is 207 cm³/mol. The molecule has 322 valence electrons. The van der Waals surface area contributed by atoms with E-state index in [9.17, 15) is 58.8 Å². The van der Waals surface area contributed by atoms with Crippen LogP contribution in [0.2, 0.25) is 0 Å². The zero-order chi connectivity index (χ0) is 43.7. The number of hydrogen-bond donors (Lipinski definition) is 14. The molecule has 0 aliphatic rings. The number of carboxylic acid groups (broad SMARTS) is 1. The Kier molecular flexibility index (Phi) is 19.7. The van der Waals surface area contributed by atoms with Crippen LogP contribution in [0.3, 0.4) is 0 Å². The molecule has 7 amide bonds. The van der Waals surface area contributed by atoms with Crippen LogP contribution in [0.4, 0.5) is 0 Å². The first-order valence-corrected chi connectivity index (χ1v) is 18.6. The third kappa shape index (κ3) is 15.3. The Morgan fingerprint density at radius 1 is 0.672 bits per heavy atom. The first-order chi connectivity index (χ1) is 27.3. The van der Waals surface area contributed by atoms with Crippen molar-refractivity contribution < 1.29 is 58.8 Å². The Labute approximate surface area is 334 Å². The molecular weight excluding hydrogens is 764 g/mol. The van der Waals surface area contributed by atoms with E-state index in [1.165, 1.54) is 27.7 Å². The molecule has 22 nitrogen and oxygen atoms in total. The van der Waals surface area contributed by atoms with Gasteiger partial charge in [0.15, 0.2) is 0 Å². The fraction of sp³-hybridized carbons (Fsp3) is 0.556. The van der Waals surface area contributed by atoms with Crippen molar-refractivity contribution in [3.63, 3.8) is 0 Å². The first kappa shape index (κ1) is 48.5. The number of carboxylic acids is 1. The summed E-state index contributed by atoms with van der Waals surface area (Å²) in [5, 5.41) is 56.7. The van der Waals surface area contributed by atoms with Crippen LogP contribution in [-0.2, 0) is 44.8 Å². The summed E-state index contributed by atoms with van der Waals surface area (Å²) in [4.78, 5) is 105. The third-order valence-electron chi connectivity index (χ3n) is 8.88. The fourth-order valence-electron chi connectivity index (χ4n) is 5.44. The minimum atomic E-state index is -1.69. The molecule has 9 atom stereocenters. The number of aromatic nitrogens is 1. The molecule has 16 N–H and O–H groups in total. The van der Waals surface area contributed by atoms with Gasteiger partial charge in [-0.1, -0.05) is 18.2 Å². The SMILES string of the molecule is C[C@H](NC(=O)[C@@H](NC(=O)CNC(=O)CNC(=O)[C@@H](N)[C@@H](C)O)[C@@H](C)O)C(=O)N[C@H](C(=O)N[C@@H](Cc1c[nH]c2ccccc12)C(=O)N[C@@H](CCCCN)C(=O)O)[C@@H](C)O. The number of nitrogens with two attached hydrogens (primary N) is 2. The molecule has 0 aliphatic carbocycles. The second kappa shape index (κ2) is 23.5. The van der Waals surface area contributed by atoms with Crippen LogP contribution in [0, 0.1) is 0 Å². The second-order valence-corrected chi connectivity index (χ2v) is 13.8. The van der Waals surface area contributed by atoms with Gasteiger partial charge in [-0.25, -0.2) is 4.79 Å². The van der Waals surface area contributed by atoms with Crippen LogP contribution in [0.1, 0.15) is 52.5 Å². The number of carbonyl (C=O) groups excluding carboxylic acids is 7. The molecule has 2 rings (SSSR count). The number of unbranched alkanes of at least 4 members (excludes halogenated alkanes) is 1. The molecule has 2 aromatic rings. The summed E-state index contributed by atoms with van der Waals surface area (Å²) in [6.07, 6.45) is -1.72. The van der Waals surface area contributed by atoms with E-state index in [2.05, 4.69) is 42.2 Å². The maximum atomic E-state index is 13.6. The van der Waals surface area contributed by atoms with Crippen molar-refractivity contribution in [1.82, 2.24) is 42.2 Å². The molecule has 0 saturated heterocycles. The number of aromatic amines is 1. The molecular formula is C36H56N10O12. The molecule has 0 unspecified atom stereocenters. The largest absolute Gasteiger partial charge is 0.480 e. The van der Waals surface area contributed by atoms with Gasteiger partial charge in [0.25, 0.3) is 0 Å². The predicted octanol–water partition coefficient (Wildman–Crippen LogP) is -4.93. The second-order valence-electron chi connectivity index (χ2n) is 13.8. The number of rotatable bonds is 24. The molecule has 1 aromatic heterocycles. The van der Waals surface area contributed by atoms with Gasteiger partial charge in [-0.15, -0.1) is 0 Å². The number of amides is 7. The van der Waals surface area contributed by atoms with E-state index in [4.69, 9.17) is 11.5 Å². The topological polar surface area (TPSA) is 370 Å². The van der Waals surface area contributed by atoms with Crippen LogP contribution in [0.15, 0.2) is 30.5 Å². The van der Waals surface area contributed by atoms with Gasteiger partial charge in [-0.3, -0.25) is 33.6 Å². The molecule has 0 aliphatic heterocycles. The van der Waals surface area contributed by atoms with Gasteiger partial charge in [0.2, 0.25) is 41.4 Å². The number of fused-ring (bicyclic) bond motifs is 1. The van der Waals surface area contributed by atoms with Crippen LogP contribution in [0.5, 0.6) is 0 Å². The minimum Gasteiger partial charge on any atom is -0.480 e. The number of H-pyrrole nitrogens is 1. The van der Waals surface area contributed by atoms with Crippen molar-refractivity contribution in [2.24, 2.45) is 11.5 Å². The smallest absolute Gasteiger partial charge is 0.326 e. The van der Waals surface area contributed by atoms with Crippen LogP contribution in [0.25, 0.3) is 10.9 Å². The summed E-state index contributed by atoms with van der Waals surface area (Å²) in [6.45, 7) is 3.92. The highest BCUT2D eigenvalue weighted by molar-refractivity contribution is 5.97. The van der Waals surface area contributed by atoms with Crippen LogP contribution >= 0.6 is 0 Å². The van der Waals surface area contributed by atoms with Crippen molar-refractivity contribution in [2.75, 3.05) is 19.6 Å². The molecule has 0 saturated carbocycles. The van der Waals surface area contributed by atoms with Gasteiger partial charge in [-0.2, -0.15) is 0 Å². The lowest BCUT2D eigenvalue weighted by Crippen LogP contribution is -2.61. The fourth-order valence-corrected chi connectivity index (χ4v) is 5.44. The molecule has 22 heteroatoms. The number of aliphatic hydroxyl groups excluding tert-OH is 3. The van der Waals surface area contributed by atoms with Gasteiger partial charge in [0.1, 0.15) is 36.3 Å². The lowest BCUT2D eigenvalue weighted by atomic mass is 10.0. The Morgan fingerprint density at radius 2 is 1.26 bits per heavy atom. The van der Waals surface area contributed by atoms with E-state index in [1.54, 1.807) is 30.5 Å². The number of carbonyl (C=O) groups is 8. The van der Waals surface area contributed by atoms with Gasteiger partial charge in [-0.05, 0) is 65.1 Å². The molecule has 1 aromatic carbocycles.